The fraction of sp³-hybridized carbons (Fsp3) is 0.353. The number of hydrogen-bond donors (Lipinski definition) is 1. The molecule has 24 heavy (non-hydrogen) atoms. The number of nitrogens with one attached hydrogen (secondary N) is 1. The Hall–Kier alpha value is -2.41. The summed E-state index contributed by atoms with van der Waals surface area (Å²) in [5.74, 6) is 0.0463. The largest absolute Gasteiger partial charge is 0.357 e. The van der Waals surface area contributed by atoms with E-state index < -0.39 is 0 Å². The molecule has 0 saturated carbocycles. The van der Waals surface area contributed by atoms with Crippen LogP contribution < -0.4 is 0 Å². The van der Waals surface area contributed by atoms with Crippen molar-refractivity contribution in [3.63, 3.8) is 0 Å². The zero-order chi connectivity index (χ0) is 16.5. The van der Waals surface area contributed by atoms with Crippen molar-refractivity contribution >= 4 is 17.2 Å². The van der Waals surface area contributed by atoms with Crippen LogP contribution in [-0.2, 0) is 0 Å². The van der Waals surface area contributed by atoms with Crippen LogP contribution in [0.5, 0.6) is 0 Å². The summed E-state index contributed by atoms with van der Waals surface area (Å²) in [5, 5.41) is 7.36. The van der Waals surface area contributed by atoms with E-state index in [1.165, 1.54) is 0 Å². The molecule has 1 fully saturated rings. The molecular weight excluding hydrogens is 322 g/mol. The van der Waals surface area contributed by atoms with Crippen LogP contribution in [0, 0.1) is 6.92 Å². The Morgan fingerprint density at radius 3 is 3.12 bits per heavy atom. The van der Waals surface area contributed by atoms with Crippen molar-refractivity contribution in [3.05, 3.63) is 46.8 Å². The van der Waals surface area contributed by atoms with E-state index in [-0.39, 0.29) is 11.9 Å². The summed E-state index contributed by atoms with van der Waals surface area (Å²) >= 11 is 1.61. The Morgan fingerprint density at radius 2 is 2.38 bits per heavy atom. The predicted octanol–water partition coefficient (Wildman–Crippen LogP) is 3.12. The summed E-state index contributed by atoms with van der Waals surface area (Å²) < 4.78 is 1.96. The lowest BCUT2D eigenvalue weighted by Gasteiger charge is -2.32. The van der Waals surface area contributed by atoms with Crippen LogP contribution in [0.2, 0.25) is 0 Å². The minimum Gasteiger partial charge on any atom is -0.357 e. The summed E-state index contributed by atoms with van der Waals surface area (Å²) in [6.45, 7) is 3.47. The van der Waals surface area contributed by atoms with Gasteiger partial charge in [0.1, 0.15) is 5.69 Å². The van der Waals surface area contributed by atoms with Gasteiger partial charge in [-0.25, -0.2) is 4.98 Å². The van der Waals surface area contributed by atoms with Crippen molar-refractivity contribution < 1.29 is 4.79 Å². The fourth-order valence-electron chi connectivity index (χ4n) is 3.18. The normalized spacial score (nSPS) is 18.0. The Kier molecular flexibility index (Phi) is 3.93. The SMILES string of the molecule is Cc1nc(-c2c[nH]c(C(=O)N3CCCC(n4cccn4)C3)c2)cs1. The van der Waals surface area contributed by atoms with Crippen molar-refractivity contribution in [2.75, 3.05) is 13.1 Å². The predicted molar refractivity (Wildman–Crippen MR) is 93.0 cm³/mol. The molecule has 3 aromatic heterocycles. The lowest BCUT2D eigenvalue weighted by atomic mass is 10.1. The van der Waals surface area contributed by atoms with Crippen LogP contribution in [0.25, 0.3) is 11.3 Å². The number of thiazole rings is 1. The van der Waals surface area contributed by atoms with Crippen molar-refractivity contribution in [1.29, 1.82) is 0 Å². The van der Waals surface area contributed by atoms with Gasteiger partial charge >= 0.3 is 0 Å². The van der Waals surface area contributed by atoms with Gasteiger partial charge in [-0.1, -0.05) is 0 Å². The van der Waals surface area contributed by atoms with E-state index in [9.17, 15) is 4.79 Å². The average molecular weight is 341 g/mol. The molecule has 0 spiro atoms. The minimum atomic E-state index is 0.0463. The second-order valence-corrected chi connectivity index (χ2v) is 7.15. The number of carbonyl (C=O) groups is 1. The number of hydrogen-bond acceptors (Lipinski definition) is 4. The van der Waals surface area contributed by atoms with E-state index in [1.807, 2.05) is 46.4 Å². The molecule has 1 amide bonds. The van der Waals surface area contributed by atoms with Gasteiger partial charge in [-0.2, -0.15) is 5.10 Å². The number of carbonyl (C=O) groups excluding carboxylic acids is 1. The first-order valence-corrected chi connectivity index (χ1v) is 8.98. The number of likely N-dealkylation sites (tertiary alicyclic amines) is 1. The molecule has 1 unspecified atom stereocenters. The van der Waals surface area contributed by atoms with Crippen molar-refractivity contribution in [2.45, 2.75) is 25.8 Å². The molecule has 7 heteroatoms. The van der Waals surface area contributed by atoms with Gasteiger partial charge in [0.05, 0.1) is 16.7 Å². The highest BCUT2D eigenvalue weighted by atomic mass is 32.1. The number of aryl methyl sites for hydroxylation is 1. The second-order valence-electron chi connectivity index (χ2n) is 6.09. The highest BCUT2D eigenvalue weighted by Gasteiger charge is 2.26. The summed E-state index contributed by atoms with van der Waals surface area (Å²) in [5.41, 5.74) is 2.50. The van der Waals surface area contributed by atoms with Gasteiger partial charge < -0.3 is 9.88 Å². The van der Waals surface area contributed by atoms with Gasteiger partial charge in [-0.15, -0.1) is 11.3 Å². The smallest absolute Gasteiger partial charge is 0.270 e. The summed E-state index contributed by atoms with van der Waals surface area (Å²) in [6, 6.07) is 4.08. The van der Waals surface area contributed by atoms with E-state index in [0.29, 0.717) is 12.2 Å². The van der Waals surface area contributed by atoms with Gasteiger partial charge in [-0.3, -0.25) is 9.48 Å². The topological polar surface area (TPSA) is 66.8 Å². The molecule has 1 aliphatic heterocycles. The van der Waals surface area contributed by atoms with Crippen LogP contribution in [0.3, 0.4) is 0 Å². The number of aromatic nitrogens is 4. The third kappa shape index (κ3) is 2.87. The fourth-order valence-corrected chi connectivity index (χ4v) is 3.81. The summed E-state index contributed by atoms with van der Waals surface area (Å²) in [6.07, 6.45) is 7.66. The number of nitrogens with zero attached hydrogens (tertiary/aromatic N) is 4. The van der Waals surface area contributed by atoms with Crippen LogP contribution in [-0.4, -0.2) is 43.6 Å². The molecule has 4 rings (SSSR count). The van der Waals surface area contributed by atoms with E-state index >= 15 is 0 Å². The molecule has 0 aliphatic carbocycles. The monoisotopic (exact) mass is 341 g/mol. The second kappa shape index (κ2) is 6.24. The quantitative estimate of drug-likeness (QED) is 0.796. The van der Waals surface area contributed by atoms with Gasteiger partial charge in [0.25, 0.3) is 5.91 Å². The molecular formula is C17H19N5OS. The first-order chi connectivity index (χ1) is 11.7. The highest BCUT2D eigenvalue weighted by molar-refractivity contribution is 7.09. The number of aromatic amines is 1. The zero-order valence-electron chi connectivity index (χ0n) is 13.5. The van der Waals surface area contributed by atoms with Crippen LogP contribution >= 0.6 is 11.3 Å². The van der Waals surface area contributed by atoms with Crippen LogP contribution in [0.1, 0.15) is 34.4 Å². The van der Waals surface area contributed by atoms with Gasteiger partial charge in [0.15, 0.2) is 0 Å². The number of amides is 1. The van der Waals surface area contributed by atoms with Crippen molar-refractivity contribution in [2.24, 2.45) is 0 Å². The lowest BCUT2D eigenvalue weighted by molar-refractivity contribution is 0.0668. The molecule has 0 aromatic carbocycles. The molecule has 0 bridgehead atoms. The molecule has 0 radical (unpaired) electrons. The van der Waals surface area contributed by atoms with Crippen LogP contribution in [0.15, 0.2) is 36.1 Å². The highest BCUT2D eigenvalue weighted by Crippen LogP contribution is 2.25. The number of H-pyrrole nitrogens is 1. The van der Waals surface area contributed by atoms with E-state index in [1.54, 1.807) is 17.5 Å². The summed E-state index contributed by atoms with van der Waals surface area (Å²) in [4.78, 5) is 22.3. The Balaban J connectivity index is 1.50. The van der Waals surface area contributed by atoms with E-state index in [0.717, 1.165) is 35.7 Å². The maximum absolute atomic E-state index is 12.8. The molecule has 1 saturated heterocycles. The summed E-state index contributed by atoms with van der Waals surface area (Å²) in [7, 11) is 0. The van der Waals surface area contributed by atoms with E-state index in [4.69, 9.17) is 0 Å². The Labute approximate surface area is 144 Å². The molecule has 1 atom stereocenters. The maximum Gasteiger partial charge on any atom is 0.270 e. The van der Waals surface area contributed by atoms with Gasteiger partial charge in [-0.05, 0) is 31.9 Å². The standard InChI is InChI=1S/C17H19N5OS/c1-12-20-16(11-24-12)13-8-15(18-9-13)17(23)21-6-2-4-14(10-21)22-7-3-5-19-22/h3,5,7-9,11,14,18H,2,4,6,10H2,1H3. The first kappa shape index (κ1) is 15.1. The molecule has 1 aliphatic rings. The average Bonchev–Trinajstić information content (AvgIpc) is 3.35. The molecule has 1 N–H and O–H groups in total. The van der Waals surface area contributed by atoms with Crippen LogP contribution in [0.4, 0.5) is 0 Å². The molecule has 6 nitrogen and oxygen atoms in total. The van der Waals surface area contributed by atoms with Gasteiger partial charge in [0.2, 0.25) is 0 Å². The Morgan fingerprint density at radius 1 is 1.46 bits per heavy atom. The maximum atomic E-state index is 12.8. The molecule has 124 valence electrons. The van der Waals surface area contributed by atoms with E-state index in [2.05, 4.69) is 15.1 Å². The van der Waals surface area contributed by atoms with Gasteiger partial charge in [0, 0.05) is 42.6 Å². The third-order valence-corrected chi connectivity index (χ3v) is 5.18. The zero-order valence-corrected chi connectivity index (χ0v) is 14.3. The lowest BCUT2D eigenvalue weighted by Crippen LogP contribution is -2.41. The molecule has 3 aromatic rings. The third-order valence-electron chi connectivity index (χ3n) is 4.41. The number of rotatable bonds is 3. The molecule has 4 heterocycles. The first-order valence-electron chi connectivity index (χ1n) is 8.10. The van der Waals surface area contributed by atoms with Crippen molar-refractivity contribution in [1.82, 2.24) is 24.6 Å². The van der Waals surface area contributed by atoms with Crippen molar-refractivity contribution in [3.8, 4) is 11.3 Å². The number of piperidine rings is 1. The minimum absolute atomic E-state index is 0.0463. The Bertz CT molecular complexity index is 835.